The van der Waals surface area contributed by atoms with E-state index in [-0.39, 0.29) is 0 Å². The molecule has 0 N–H and O–H groups in total. The molecule has 0 aromatic carbocycles. The lowest BCUT2D eigenvalue weighted by atomic mass is 10.4. The monoisotopic (exact) mass is 257 g/mol. The third-order valence-electron chi connectivity index (χ3n) is 2.33. The predicted molar refractivity (Wildman–Crippen MR) is 55.9 cm³/mol. The number of hydrogen-bond acceptors (Lipinski definition) is 3. The first-order valence-corrected chi connectivity index (χ1v) is 5.68. The molecule has 0 radical (unpaired) electrons. The number of rotatable bonds is 0. The van der Waals surface area contributed by atoms with E-state index in [2.05, 4.69) is 37.3 Å². The first-order valence-electron chi connectivity index (χ1n) is 4.08. The largest absolute Gasteiger partial charge is 0.295 e. The topological polar surface area (TPSA) is 20.5 Å². The number of thiazole rings is 1. The highest BCUT2D eigenvalue weighted by Crippen LogP contribution is 2.32. The van der Waals surface area contributed by atoms with Crippen LogP contribution in [-0.2, 0) is 13.1 Å². The Morgan fingerprint density at radius 2 is 2.38 bits per heavy atom. The van der Waals surface area contributed by atoms with Crippen LogP contribution >= 0.6 is 27.3 Å². The molecule has 0 saturated carbocycles. The minimum Gasteiger partial charge on any atom is -0.295 e. The van der Waals surface area contributed by atoms with E-state index in [1.54, 1.807) is 11.3 Å². The minimum atomic E-state index is 1.03. The van der Waals surface area contributed by atoms with Crippen LogP contribution in [0.1, 0.15) is 10.6 Å². The van der Waals surface area contributed by atoms with Gasteiger partial charge in [0.05, 0.1) is 11.9 Å². The molecule has 2 aromatic rings. The van der Waals surface area contributed by atoms with Crippen molar-refractivity contribution in [3.05, 3.63) is 21.4 Å². The molecule has 0 saturated heterocycles. The van der Waals surface area contributed by atoms with Crippen LogP contribution in [0.4, 0.5) is 0 Å². The van der Waals surface area contributed by atoms with E-state index < -0.39 is 0 Å². The predicted octanol–water partition coefficient (Wildman–Crippen LogP) is 2.10. The van der Waals surface area contributed by atoms with Gasteiger partial charge in [-0.1, -0.05) is 11.3 Å². The van der Waals surface area contributed by atoms with E-state index >= 15 is 0 Å². The molecule has 0 aliphatic carbocycles. The number of halogens is 1. The molecule has 13 heavy (non-hydrogen) atoms. The molecule has 1 aliphatic heterocycles. The van der Waals surface area contributed by atoms with Crippen LogP contribution in [-0.4, -0.2) is 21.3 Å². The lowest BCUT2D eigenvalue weighted by molar-refractivity contribution is 0.351. The Labute approximate surface area is 88.1 Å². The number of fused-ring (bicyclic) bond motifs is 3. The van der Waals surface area contributed by atoms with Gasteiger partial charge in [0.15, 0.2) is 4.96 Å². The number of imidazole rings is 1. The van der Waals surface area contributed by atoms with Crippen molar-refractivity contribution in [3.63, 3.8) is 0 Å². The van der Waals surface area contributed by atoms with Gasteiger partial charge in [0.1, 0.15) is 4.60 Å². The van der Waals surface area contributed by atoms with Crippen LogP contribution in [0, 0.1) is 0 Å². The van der Waals surface area contributed by atoms with Gasteiger partial charge in [-0.05, 0) is 23.0 Å². The van der Waals surface area contributed by atoms with E-state index in [0.29, 0.717) is 0 Å². The highest BCUT2D eigenvalue weighted by Gasteiger charge is 2.22. The summed E-state index contributed by atoms with van der Waals surface area (Å²) in [5.74, 6) is 0. The molecular formula is C8H8BrN3S. The molecular weight excluding hydrogens is 250 g/mol. The van der Waals surface area contributed by atoms with Gasteiger partial charge in [0.2, 0.25) is 0 Å². The Hall–Kier alpha value is -0.390. The summed E-state index contributed by atoms with van der Waals surface area (Å²) in [6.45, 7) is 2.10. The van der Waals surface area contributed by atoms with Crippen LogP contribution in [0.15, 0.2) is 10.8 Å². The molecule has 0 unspecified atom stereocenters. The van der Waals surface area contributed by atoms with Crippen LogP contribution in [0.5, 0.6) is 0 Å². The van der Waals surface area contributed by atoms with Gasteiger partial charge < -0.3 is 0 Å². The molecule has 2 aromatic heterocycles. The van der Waals surface area contributed by atoms with Gasteiger partial charge in [0, 0.05) is 18.0 Å². The number of nitrogens with zero attached hydrogens (tertiary/aromatic N) is 3. The zero-order valence-corrected chi connectivity index (χ0v) is 9.52. The molecule has 0 amide bonds. The van der Waals surface area contributed by atoms with Crippen molar-refractivity contribution in [2.24, 2.45) is 0 Å². The van der Waals surface area contributed by atoms with Gasteiger partial charge in [0.25, 0.3) is 0 Å². The van der Waals surface area contributed by atoms with Crippen LogP contribution < -0.4 is 0 Å². The molecule has 5 heteroatoms. The van der Waals surface area contributed by atoms with E-state index in [4.69, 9.17) is 0 Å². The Morgan fingerprint density at radius 3 is 3.23 bits per heavy atom. The number of aromatic nitrogens is 2. The fraction of sp³-hybridized carbons (Fsp3) is 0.375. The summed E-state index contributed by atoms with van der Waals surface area (Å²) in [5.41, 5.74) is 1.40. The summed E-state index contributed by atoms with van der Waals surface area (Å²) >= 11 is 5.30. The lowest BCUT2D eigenvalue weighted by Crippen LogP contribution is -2.08. The smallest absolute Gasteiger partial charge is 0.195 e. The molecule has 0 fully saturated rings. The van der Waals surface area contributed by atoms with Crippen molar-refractivity contribution in [1.29, 1.82) is 0 Å². The van der Waals surface area contributed by atoms with Crippen molar-refractivity contribution in [2.45, 2.75) is 13.1 Å². The summed E-state index contributed by atoms with van der Waals surface area (Å²) in [5, 5.41) is 0. The third-order valence-corrected chi connectivity index (χ3v) is 3.97. The van der Waals surface area contributed by atoms with Gasteiger partial charge in [-0.15, -0.1) is 0 Å². The maximum Gasteiger partial charge on any atom is 0.195 e. The number of hydrogen-bond donors (Lipinski definition) is 0. The van der Waals surface area contributed by atoms with Crippen molar-refractivity contribution in [1.82, 2.24) is 14.3 Å². The van der Waals surface area contributed by atoms with Gasteiger partial charge in [-0.2, -0.15) is 0 Å². The summed E-state index contributed by atoms with van der Waals surface area (Å²) in [6.07, 6.45) is 1.87. The second-order valence-electron chi connectivity index (χ2n) is 3.34. The molecule has 3 heterocycles. The summed E-state index contributed by atoms with van der Waals surface area (Å²) < 4.78 is 3.26. The van der Waals surface area contributed by atoms with Gasteiger partial charge in [-0.3, -0.25) is 9.30 Å². The van der Waals surface area contributed by atoms with Crippen LogP contribution in [0.2, 0.25) is 0 Å². The quantitative estimate of drug-likeness (QED) is 0.721. The summed E-state index contributed by atoms with van der Waals surface area (Å²) in [4.78, 5) is 9.19. The maximum absolute atomic E-state index is 4.32. The minimum absolute atomic E-state index is 1.03. The third kappa shape index (κ3) is 1.01. The Bertz CT molecular complexity index is 473. The van der Waals surface area contributed by atoms with E-state index in [0.717, 1.165) is 22.7 Å². The van der Waals surface area contributed by atoms with Crippen LogP contribution in [0.25, 0.3) is 4.96 Å². The summed E-state index contributed by atoms with van der Waals surface area (Å²) in [7, 11) is 2.14. The van der Waals surface area contributed by atoms with Crippen molar-refractivity contribution in [2.75, 3.05) is 7.05 Å². The summed E-state index contributed by atoms with van der Waals surface area (Å²) in [6, 6.07) is 0. The van der Waals surface area contributed by atoms with Crippen molar-refractivity contribution >= 4 is 32.2 Å². The maximum atomic E-state index is 4.32. The molecule has 68 valence electrons. The Morgan fingerprint density at radius 1 is 1.54 bits per heavy atom. The lowest BCUT2D eigenvalue weighted by Gasteiger charge is -2.04. The van der Waals surface area contributed by atoms with Gasteiger partial charge in [-0.25, -0.2) is 4.98 Å². The highest BCUT2D eigenvalue weighted by atomic mass is 79.9. The van der Waals surface area contributed by atoms with Crippen molar-refractivity contribution in [3.8, 4) is 0 Å². The zero-order valence-electron chi connectivity index (χ0n) is 7.12. The standard InChI is InChI=1S/C8H8BrN3S/c1-11-3-5-6(4-11)13-8-10-2-7(9)12(5)8/h2H,3-4H2,1H3. The first-order chi connectivity index (χ1) is 6.25. The first kappa shape index (κ1) is 7.96. The molecule has 3 nitrogen and oxygen atoms in total. The Kier molecular flexibility index (Phi) is 1.57. The van der Waals surface area contributed by atoms with Gasteiger partial charge >= 0.3 is 0 Å². The van der Waals surface area contributed by atoms with Crippen LogP contribution in [0.3, 0.4) is 0 Å². The molecule has 3 rings (SSSR count). The zero-order chi connectivity index (χ0) is 9.00. The fourth-order valence-corrected chi connectivity index (χ4v) is 3.55. The second-order valence-corrected chi connectivity index (χ2v) is 5.22. The normalized spacial score (nSPS) is 17.1. The molecule has 0 spiro atoms. The van der Waals surface area contributed by atoms with E-state index in [1.165, 1.54) is 10.6 Å². The van der Waals surface area contributed by atoms with E-state index in [1.807, 2.05) is 6.20 Å². The molecule has 0 atom stereocenters. The Balaban J connectivity index is 2.33. The van der Waals surface area contributed by atoms with Crippen molar-refractivity contribution < 1.29 is 0 Å². The molecule has 1 aliphatic rings. The van der Waals surface area contributed by atoms with E-state index in [9.17, 15) is 0 Å². The average molecular weight is 258 g/mol. The molecule has 0 bridgehead atoms. The average Bonchev–Trinajstić information content (AvgIpc) is 2.63. The fourth-order valence-electron chi connectivity index (χ4n) is 1.76. The SMILES string of the molecule is CN1Cc2sc3ncc(Br)n3c2C1. The second kappa shape index (κ2) is 2.56. The highest BCUT2D eigenvalue weighted by molar-refractivity contribution is 9.10.